The second kappa shape index (κ2) is 14.1. The Kier molecular flexibility index (Phi) is 13.2. The second-order valence-electron chi connectivity index (χ2n) is 4.92. The summed E-state index contributed by atoms with van der Waals surface area (Å²) in [7, 11) is 0. The van der Waals surface area contributed by atoms with Crippen LogP contribution in [0.25, 0.3) is 0 Å². The van der Waals surface area contributed by atoms with Crippen molar-refractivity contribution in [1.29, 1.82) is 0 Å². The highest BCUT2D eigenvalue weighted by atomic mass is 16.1. The van der Waals surface area contributed by atoms with Gasteiger partial charge in [-0.2, -0.15) is 0 Å². The molecule has 0 aliphatic heterocycles. The monoisotopic (exact) mass is 285 g/mol. The molecule has 0 aromatic heterocycles. The van der Waals surface area contributed by atoms with E-state index in [2.05, 4.69) is 22.5 Å². The topological polar surface area (TPSA) is 106 Å². The smallest absolute Gasteiger partial charge is 0.219 e. The summed E-state index contributed by atoms with van der Waals surface area (Å²) in [5.74, 6) is 0.320. The highest BCUT2D eigenvalue weighted by Crippen LogP contribution is 2.01. The van der Waals surface area contributed by atoms with Crippen molar-refractivity contribution < 1.29 is 4.79 Å². The van der Waals surface area contributed by atoms with Crippen LogP contribution in [-0.2, 0) is 4.79 Å². The third kappa shape index (κ3) is 14.8. The lowest BCUT2D eigenvalue weighted by molar-refractivity contribution is -0.121. The molecule has 6 N–H and O–H groups in total. The van der Waals surface area contributed by atoms with Gasteiger partial charge in [0.15, 0.2) is 5.96 Å². The van der Waals surface area contributed by atoms with Crippen LogP contribution in [0.5, 0.6) is 0 Å². The molecule has 0 atom stereocenters. The minimum absolute atomic E-state index is 0.145. The van der Waals surface area contributed by atoms with Crippen molar-refractivity contribution >= 4 is 11.9 Å². The molecule has 0 aromatic rings. The number of unbranched alkanes of at least 4 members (excludes halogenated alkanes) is 3. The molecule has 6 nitrogen and oxygen atoms in total. The molecular formula is C14H31N5O. The maximum Gasteiger partial charge on any atom is 0.219 e. The van der Waals surface area contributed by atoms with Crippen LogP contribution in [0.2, 0.25) is 0 Å². The number of carbonyl (C=O) groups excluding carboxylic acids is 1. The van der Waals surface area contributed by atoms with Crippen LogP contribution < -0.4 is 22.1 Å². The lowest BCUT2D eigenvalue weighted by atomic mass is 10.1. The van der Waals surface area contributed by atoms with Crippen LogP contribution in [0.4, 0.5) is 0 Å². The lowest BCUT2D eigenvalue weighted by Crippen LogP contribution is -2.27. The lowest BCUT2D eigenvalue weighted by Gasteiger charge is -2.06. The van der Waals surface area contributed by atoms with E-state index in [9.17, 15) is 4.79 Å². The van der Waals surface area contributed by atoms with Gasteiger partial charge in [-0.25, -0.2) is 0 Å². The van der Waals surface area contributed by atoms with Crippen molar-refractivity contribution in [3.05, 3.63) is 0 Å². The molecule has 118 valence electrons. The Morgan fingerprint density at radius 3 is 2.45 bits per heavy atom. The van der Waals surface area contributed by atoms with Crippen LogP contribution in [-0.4, -0.2) is 38.0 Å². The standard InChI is InChI=1S/C14H31N5O/c1-2-3-4-5-8-13(20)18-11-6-9-17-10-7-12-19-14(15)16/h17H,2-12H2,1H3,(H,18,20)(H4,15,16,19). The molecule has 0 heterocycles. The van der Waals surface area contributed by atoms with E-state index in [1.165, 1.54) is 12.8 Å². The van der Waals surface area contributed by atoms with Crippen molar-refractivity contribution in [3.63, 3.8) is 0 Å². The van der Waals surface area contributed by atoms with Crippen LogP contribution in [0.15, 0.2) is 4.99 Å². The van der Waals surface area contributed by atoms with Gasteiger partial charge in [0, 0.05) is 19.5 Å². The Morgan fingerprint density at radius 2 is 1.75 bits per heavy atom. The molecule has 0 aliphatic carbocycles. The number of aliphatic imine (C=N–C) groups is 1. The summed E-state index contributed by atoms with van der Waals surface area (Å²) in [6.45, 7) is 5.36. The molecule has 1 amide bonds. The summed E-state index contributed by atoms with van der Waals surface area (Å²) in [5.41, 5.74) is 10.4. The number of rotatable bonds is 13. The zero-order chi connectivity index (χ0) is 15.1. The third-order valence-corrected chi connectivity index (χ3v) is 2.92. The van der Waals surface area contributed by atoms with E-state index < -0.39 is 0 Å². The molecule has 6 heteroatoms. The number of nitrogens with one attached hydrogen (secondary N) is 2. The van der Waals surface area contributed by atoms with Crippen molar-refractivity contribution in [1.82, 2.24) is 10.6 Å². The normalized spacial score (nSPS) is 10.2. The van der Waals surface area contributed by atoms with Gasteiger partial charge < -0.3 is 22.1 Å². The van der Waals surface area contributed by atoms with Gasteiger partial charge in [0.25, 0.3) is 0 Å². The Bertz CT molecular complexity index is 264. The second-order valence-corrected chi connectivity index (χ2v) is 4.92. The molecule has 0 radical (unpaired) electrons. The van der Waals surface area contributed by atoms with Gasteiger partial charge in [0.1, 0.15) is 0 Å². The van der Waals surface area contributed by atoms with E-state index in [1.54, 1.807) is 0 Å². The minimum Gasteiger partial charge on any atom is -0.370 e. The van der Waals surface area contributed by atoms with Crippen molar-refractivity contribution in [2.45, 2.75) is 51.9 Å². The molecule has 0 saturated carbocycles. The molecule has 0 rings (SSSR count). The summed E-state index contributed by atoms with van der Waals surface area (Å²) in [6, 6.07) is 0. The molecule has 0 saturated heterocycles. The Morgan fingerprint density at radius 1 is 1.00 bits per heavy atom. The molecular weight excluding hydrogens is 254 g/mol. The fourth-order valence-corrected chi connectivity index (χ4v) is 1.78. The summed E-state index contributed by atoms with van der Waals surface area (Å²) >= 11 is 0. The van der Waals surface area contributed by atoms with Gasteiger partial charge >= 0.3 is 0 Å². The molecule has 0 fully saturated rings. The Balaban J connectivity index is 3.19. The number of guanidine groups is 1. The fraction of sp³-hybridized carbons (Fsp3) is 0.857. The van der Waals surface area contributed by atoms with Crippen LogP contribution in [0.1, 0.15) is 51.9 Å². The molecule has 0 aromatic carbocycles. The predicted molar refractivity (Wildman–Crippen MR) is 84.5 cm³/mol. The zero-order valence-electron chi connectivity index (χ0n) is 12.8. The van der Waals surface area contributed by atoms with E-state index in [-0.39, 0.29) is 11.9 Å². The average Bonchev–Trinajstić information content (AvgIpc) is 2.41. The van der Waals surface area contributed by atoms with Crippen LogP contribution >= 0.6 is 0 Å². The number of hydrogen-bond acceptors (Lipinski definition) is 3. The Hall–Kier alpha value is -1.30. The molecule has 0 unspecified atom stereocenters. The van der Waals surface area contributed by atoms with Crippen molar-refractivity contribution in [3.8, 4) is 0 Å². The fourth-order valence-electron chi connectivity index (χ4n) is 1.78. The molecule has 0 bridgehead atoms. The van der Waals surface area contributed by atoms with Gasteiger partial charge in [0.2, 0.25) is 5.91 Å². The van der Waals surface area contributed by atoms with Crippen LogP contribution in [0, 0.1) is 0 Å². The largest absolute Gasteiger partial charge is 0.370 e. The first-order valence-corrected chi connectivity index (χ1v) is 7.69. The summed E-state index contributed by atoms with van der Waals surface area (Å²) in [6.07, 6.45) is 7.11. The number of nitrogens with zero attached hydrogens (tertiary/aromatic N) is 1. The van der Waals surface area contributed by atoms with E-state index in [0.29, 0.717) is 13.0 Å². The highest BCUT2D eigenvalue weighted by molar-refractivity contribution is 5.75. The first-order chi connectivity index (χ1) is 9.66. The maximum absolute atomic E-state index is 11.5. The number of carbonyl (C=O) groups is 1. The zero-order valence-corrected chi connectivity index (χ0v) is 12.8. The third-order valence-electron chi connectivity index (χ3n) is 2.92. The van der Waals surface area contributed by atoms with Crippen molar-refractivity contribution in [2.24, 2.45) is 16.5 Å². The quantitative estimate of drug-likeness (QED) is 0.227. The van der Waals surface area contributed by atoms with Crippen molar-refractivity contribution in [2.75, 3.05) is 26.2 Å². The SMILES string of the molecule is CCCCCCC(=O)NCCCNCCCN=C(N)N. The van der Waals surface area contributed by atoms with Gasteiger partial charge in [0.05, 0.1) is 0 Å². The predicted octanol–water partition coefficient (Wildman–Crippen LogP) is 0.716. The molecule has 0 spiro atoms. The number of hydrogen-bond donors (Lipinski definition) is 4. The molecule has 0 aliphatic rings. The summed E-state index contributed by atoms with van der Waals surface area (Å²) in [5, 5.41) is 6.23. The number of amides is 1. The highest BCUT2D eigenvalue weighted by Gasteiger charge is 1.99. The molecule has 20 heavy (non-hydrogen) atoms. The first-order valence-electron chi connectivity index (χ1n) is 7.69. The number of nitrogens with two attached hydrogens (primary N) is 2. The van der Waals surface area contributed by atoms with E-state index >= 15 is 0 Å². The summed E-state index contributed by atoms with van der Waals surface area (Å²) in [4.78, 5) is 15.4. The first kappa shape index (κ1) is 18.7. The van der Waals surface area contributed by atoms with Gasteiger partial charge in [-0.15, -0.1) is 0 Å². The van der Waals surface area contributed by atoms with Gasteiger partial charge in [-0.3, -0.25) is 9.79 Å². The Labute approximate surface area is 122 Å². The summed E-state index contributed by atoms with van der Waals surface area (Å²) < 4.78 is 0. The van der Waals surface area contributed by atoms with E-state index in [1.807, 2.05) is 0 Å². The van der Waals surface area contributed by atoms with Gasteiger partial charge in [-0.05, 0) is 32.4 Å². The maximum atomic E-state index is 11.5. The van der Waals surface area contributed by atoms with E-state index in [0.717, 1.165) is 45.3 Å². The van der Waals surface area contributed by atoms with Gasteiger partial charge in [-0.1, -0.05) is 26.2 Å². The van der Waals surface area contributed by atoms with Crippen LogP contribution in [0.3, 0.4) is 0 Å². The van der Waals surface area contributed by atoms with E-state index in [4.69, 9.17) is 11.5 Å². The minimum atomic E-state index is 0.145. The average molecular weight is 285 g/mol.